The lowest BCUT2D eigenvalue weighted by atomic mass is 10.1. The van der Waals surface area contributed by atoms with Gasteiger partial charge >= 0.3 is 0 Å². The van der Waals surface area contributed by atoms with Crippen LogP contribution >= 0.6 is 0 Å². The predicted molar refractivity (Wildman–Crippen MR) is 79.5 cm³/mol. The van der Waals surface area contributed by atoms with Gasteiger partial charge in [0.25, 0.3) is 0 Å². The number of nitriles is 1. The smallest absolute Gasteiger partial charge is 0.249 e. The number of amides is 1. The summed E-state index contributed by atoms with van der Waals surface area (Å²) in [7, 11) is 0. The quantitative estimate of drug-likeness (QED) is 0.771. The van der Waals surface area contributed by atoms with Crippen LogP contribution in [-0.4, -0.2) is 15.9 Å². The highest BCUT2D eigenvalue weighted by Crippen LogP contribution is 2.19. The number of aromatic nitrogens is 2. The summed E-state index contributed by atoms with van der Waals surface area (Å²) < 4.78 is 0. The minimum absolute atomic E-state index is 0.354. The Morgan fingerprint density at radius 2 is 1.86 bits per heavy atom. The first-order valence-electron chi connectivity index (χ1n) is 6.48. The van der Waals surface area contributed by atoms with Crippen LogP contribution in [0.4, 0.5) is 5.69 Å². The number of nitrogens with zero attached hydrogens (tertiary/aromatic N) is 2. The van der Waals surface area contributed by atoms with Crippen LogP contribution in [0.15, 0.2) is 54.6 Å². The van der Waals surface area contributed by atoms with Gasteiger partial charge in [-0.1, -0.05) is 30.3 Å². The van der Waals surface area contributed by atoms with E-state index in [1.54, 1.807) is 12.1 Å². The van der Waals surface area contributed by atoms with Gasteiger partial charge in [-0.3, -0.25) is 4.79 Å². The number of nitrogens with one attached hydrogen (secondary N) is 2. The fourth-order valence-corrected chi connectivity index (χ4v) is 2.09. The van der Waals surface area contributed by atoms with Gasteiger partial charge in [-0.15, -0.1) is 0 Å². The van der Waals surface area contributed by atoms with Crippen LogP contribution in [0.5, 0.6) is 0 Å². The SMILES string of the molecule is N#C[C@@H](C(=O)Nc1ccccc1)c1nc2ccccc2[nH]1. The fourth-order valence-electron chi connectivity index (χ4n) is 2.09. The van der Waals surface area contributed by atoms with Crippen LogP contribution in [-0.2, 0) is 4.79 Å². The van der Waals surface area contributed by atoms with E-state index < -0.39 is 11.8 Å². The van der Waals surface area contributed by atoms with Crippen LogP contribution in [0.1, 0.15) is 11.7 Å². The minimum atomic E-state index is -0.974. The first-order chi connectivity index (χ1) is 10.3. The van der Waals surface area contributed by atoms with Crippen LogP contribution in [0, 0.1) is 11.3 Å². The van der Waals surface area contributed by atoms with Crippen molar-refractivity contribution in [2.45, 2.75) is 5.92 Å². The van der Waals surface area contributed by atoms with E-state index in [1.165, 1.54) is 0 Å². The summed E-state index contributed by atoms with van der Waals surface area (Å²) in [5.74, 6) is -1.02. The molecule has 1 aromatic heterocycles. The summed E-state index contributed by atoms with van der Waals surface area (Å²) in [4.78, 5) is 19.6. The highest BCUT2D eigenvalue weighted by atomic mass is 16.1. The molecule has 0 aliphatic rings. The number of hydrogen-bond donors (Lipinski definition) is 2. The molecule has 0 radical (unpaired) electrons. The van der Waals surface area contributed by atoms with Gasteiger partial charge in [0.1, 0.15) is 5.82 Å². The Labute approximate surface area is 121 Å². The van der Waals surface area contributed by atoms with E-state index in [9.17, 15) is 10.1 Å². The van der Waals surface area contributed by atoms with Crippen molar-refractivity contribution in [3.05, 3.63) is 60.4 Å². The number of benzene rings is 2. The van der Waals surface area contributed by atoms with E-state index >= 15 is 0 Å². The lowest BCUT2D eigenvalue weighted by Gasteiger charge is -2.07. The van der Waals surface area contributed by atoms with Crippen molar-refractivity contribution in [3.8, 4) is 6.07 Å². The van der Waals surface area contributed by atoms with E-state index in [1.807, 2.05) is 48.5 Å². The molecule has 0 fully saturated rings. The number of rotatable bonds is 3. The van der Waals surface area contributed by atoms with Crippen molar-refractivity contribution in [2.24, 2.45) is 0 Å². The van der Waals surface area contributed by atoms with Gasteiger partial charge < -0.3 is 10.3 Å². The minimum Gasteiger partial charge on any atom is -0.340 e. The van der Waals surface area contributed by atoms with E-state index in [0.29, 0.717) is 11.5 Å². The van der Waals surface area contributed by atoms with Crippen molar-refractivity contribution < 1.29 is 4.79 Å². The van der Waals surface area contributed by atoms with Gasteiger partial charge in [0.2, 0.25) is 5.91 Å². The monoisotopic (exact) mass is 276 g/mol. The molecule has 0 saturated heterocycles. The molecule has 102 valence electrons. The van der Waals surface area contributed by atoms with Crippen LogP contribution < -0.4 is 5.32 Å². The first kappa shape index (κ1) is 12.9. The number of hydrogen-bond acceptors (Lipinski definition) is 3. The second kappa shape index (κ2) is 5.47. The molecule has 5 heteroatoms. The third-order valence-electron chi connectivity index (χ3n) is 3.11. The number of fused-ring (bicyclic) bond motifs is 1. The summed E-state index contributed by atoms with van der Waals surface area (Å²) in [6.45, 7) is 0. The molecule has 21 heavy (non-hydrogen) atoms. The highest BCUT2D eigenvalue weighted by molar-refractivity contribution is 5.97. The number of carbonyl (C=O) groups is 1. The predicted octanol–water partition coefficient (Wildman–Crippen LogP) is 2.81. The number of H-pyrrole nitrogens is 1. The van der Waals surface area contributed by atoms with Crippen molar-refractivity contribution in [2.75, 3.05) is 5.32 Å². The maximum atomic E-state index is 12.2. The molecule has 1 heterocycles. The van der Waals surface area contributed by atoms with Gasteiger partial charge in [0.15, 0.2) is 5.92 Å². The second-order valence-electron chi connectivity index (χ2n) is 4.56. The molecule has 0 aliphatic carbocycles. The Bertz CT molecular complexity index is 784. The van der Waals surface area contributed by atoms with Crippen LogP contribution in [0.3, 0.4) is 0 Å². The molecule has 0 aliphatic heterocycles. The normalized spacial score (nSPS) is 11.8. The van der Waals surface area contributed by atoms with Gasteiger partial charge in [0, 0.05) is 5.69 Å². The van der Waals surface area contributed by atoms with Crippen molar-refractivity contribution in [3.63, 3.8) is 0 Å². The van der Waals surface area contributed by atoms with E-state index in [0.717, 1.165) is 11.0 Å². The third kappa shape index (κ3) is 2.60. The number of aromatic amines is 1. The molecule has 0 unspecified atom stereocenters. The van der Waals surface area contributed by atoms with Crippen LogP contribution in [0.2, 0.25) is 0 Å². The molecule has 1 amide bonds. The number of anilines is 1. The fraction of sp³-hybridized carbons (Fsp3) is 0.0625. The zero-order valence-corrected chi connectivity index (χ0v) is 11.1. The summed E-state index contributed by atoms with van der Waals surface area (Å²) in [5.41, 5.74) is 2.19. The van der Waals surface area contributed by atoms with E-state index in [-0.39, 0.29) is 0 Å². The Morgan fingerprint density at radius 3 is 2.57 bits per heavy atom. The zero-order valence-electron chi connectivity index (χ0n) is 11.1. The van der Waals surface area contributed by atoms with Crippen molar-refractivity contribution >= 4 is 22.6 Å². The number of carbonyl (C=O) groups excluding carboxylic acids is 1. The van der Waals surface area contributed by atoms with Crippen molar-refractivity contribution in [1.29, 1.82) is 5.26 Å². The molecule has 2 aromatic carbocycles. The second-order valence-corrected chi connectivity index (χ2v) is 4.56. The maximum Gasteiger partial charge on any atom is 0.249 e. The lowest BCUT2D eigenvalue weighted by molar-refractivity contribution is -0.116. The highest BCUT2D eigenvalue weighted by Gasteiger charge is 2.23. The van der Waals surface area contributed by atoms with E-state index in [4.69, 9.17) is 0 Å². The molecule has 0 saturated carbocycles. The van der Waals surface area contributed by atoms with Gasteiger partial charge in [0.05, 0.1) is 17.1 Å². The number of imidazole rings is 1. The molecule has 1 atom stereocenters. The van der Waals surface area contributed by atoms with E-state index in [2.05, 4.69) is 15.3 Å². The first-order valence-corrected chi connectivity index (χ1v) is 6.48. The Morgan fingerprint density at radius 1 is 1.14 bits per heavy atom. The average molecular weight is 276 g/mol. The molecule has 2 N–H and O–H groups in total. The topological polar surface area (TPSA) is 81.6 Å². The van der Waals surface area contributed by atoms with Gasteiger partial charge in [-0.05, 0) is 24.3 Å². The maximum absolute atomic E-state index is 12.2. The molecule has 3 rings (SSSR count). The Balaban J connectivity index is 1.87. The summed E-state index contributed by atoms with van der Waals surface area (Å²) in [5, 5.41) is 12.0. The molecule has 0 bridgehead atoms. The standard InChI is InChI=1S/C16H12N4O/c17-10-12(16(21)18-11-6-2-1-3-7-11)15-19-13-8-4-5-9-14(13)20-15/h1-9,12H,(H,18,21)(H,19,20)/t12-/m1/s1. The summed E-state index contributed by atoms with van der Waals surface area (Å²) >= 11 is 0. The summed E-state index contributed by atoms with van der Waals surface area (Å²) in [6, 6.07) is 18.4. The molecule has 5 nitrogen and oxygen atoms in total. The van der Waals surface area contributed by atoms with Crippen molar-refractivity contribution in [1.82, 2.24) is 9.97 Å². The molecule has 0 spiro atoms. The third-order valence-corrected chi connectivity index (χ3v) is 3.11. The number of para-hydroxylation sites is 3. The van der Waals surface area contributed by atoms with Gasteiger partial charge in [-0.25, -0.2) is 4.98 Å². The zero-order chi connectivity index (χ0) is 14.7. The Hall–Kier alpha value is -3.13. The lowest BCUT2D eigenvalue weighted by Crippen LogP contribution is -2.20. The Kier molecular flexibility index (Phi) is 3.36. The molecule has 3 aromatic rings. The van der Waals surface area contributed by atoms with Crippen LogP contribution in [0.25, 0.3) is 11.0 Å². The largest absolute Gasteiger partial charge is 0.340 e. The molecular formula is C16H12N4O. The average Bonchev–Trinajstić information content (AvgIpc) is 2.92. The summed E-state index contributed by atoms with van der Waals surface area (Å²) in [6.07, 6.45) is 0. The molecular weight excluding hydrogens is 264 g/mol. The van der Waals surface area contributed by atoms with Gasteiger partial charge in [-0.2, -0.15) is 5.26 Å².